The summed E-state index contributed by atoms with van der Waals surface area (Å²) < 4.78 is 21.1. The number of thiazole rings is 1. The van der Waals surface area contributed by atoms with Gasteiger partial charge in [-0.3, -0.25) is 0 Å². The monoisotopic (exact) mass is 371 g/mol. The number of rotatable bonds is 7. The van der Waals surface area contributed by atoms with E-state index in [4.69, 9.17) is 18.6 Å². The molecule has 0 radical (unpaired) electrons. The van der Waals surface area contributed by atoms with Crippen LogP contribution >= 0.6 is 11.3 Å². The van der Waals surface area contributed by atoms with Crippen LogP contribution in [0.1, 0.15) is 11.5 Å². The Hall–Kier alpha value is -3.06. The van der Waals surface area contributed by atoms with Crippen molar-refractivity contribution in [3.05, 3.63) is 59.5 Å². The van der Waals surface area contributed by atoms with Gasteiger partial charge in [0.1, 0.15) is 17.4 Å². The molecule has 26 heavy (non-hydrogen) atoms. The van der Waals surface area contributed by atoms with Crippen molar-refractivity contribution in [3.8, 4) is 22.1 Å². The molecule has 0 amide bonds. The second-order valence-corrected chi connectivity index (χ2v) is 6.00. The van der Waals surface area contributed by atoms with Crippen molar-refractivity contribution >= 4 is 23.4 Å². The van der Waals surface area contributed by atoms with Crippen LogP contribution in [-0.2, 0) is 16.1 Å². The lowest BCUT2D eigenvalue weighted by atomic mass is 10.2. The first kappa shape index (κ1) is 17.8. The van der Waals surface area contributed by atoms with E-state index in [0.717, 1.165) is 10.6 Å². The summed E-state index contributed by atoms with van der Waals surface area (Å²) in [4.78, 5) is 16.3. The summed E-state index contributed by atoms with van der Waals surface area (Å²) in [6.45, 7) is 0.0874. The normalized spacial score (nSPS) is 10.8. The van der Waals surface area contributed by atoms with E-state index in [2.05, 4.69) is 4.98 Å². The molecule has 7 heteroatoms. The number of hydrogen-bond acceptors (Lipinski definition) is 7. The van der Waals surface area contributed by atoms with E-state index in [1.807, 2.05) is 23.6 Å². The van der Waals surface area contributed by atoms with Gasteiger partial charge >= 0.3 is 5.97 Å². The van der Waals surface area contributed by atoms with Gasteiger partial charge in [-0.05, 0) is 30.3 Å². The molecule has 0 fully saturated rings. The van der Waals surface area contributed by atoms with E-state index in [9.17, 15) is 4.79 Å². The molecule has 0 unspecified atom stereocenters. The SMILES string of the molecule is COc1cccc(-c2nc(COC(=O)/C=C/c3ccco3)cs2)c1OC. The molecule has 0 bridgehead atoms. The van der Waals surface area contributed by atoms with Gasteiger partial charge in [-0.15, -0.1) is 11.3 Å². The summed E-state index contributed by atoms with van der Waals surface area (Å²) in [5.41, 5.74) is 1.49. The first-order valence-electron chi connectivity index (χ1n) is 7.75. The lowest BCUT2D eigenvalue weighted by molar-refractivity contribution is -0.139. The molecule has 0 aliphatic carbocycles. The van der Waals surface area contributed by atoms with Gasteiger partial charge in [-0.1, -0.05) is 6.07 Å². The van der Waals surface area contributed by atoms with E-state index in [1.54, 1.807) is 32.4 Å². The second kappa shape index (κ2) is 8.35. The largest absolute Gasteiger partial charge is 0.493 e. The number of hydrogen-bond donors (Lipinski definition) is 0. The third-order valence-corrected chi connectivity index (χ3v) is 4.40. The molecule has 2 aromatic heterocycles. The Bertz CT molecular complexity index is 899. The minimum absolute atomic E-state index is 0.0874. The lowest BCUT2D eigenvalue weighted by Gasteiger charge is -2.10. The van der Waals surface area contributed by atoms with Crippen molar-refractivity contribution in [1.82, 2.24) is 4.98 Å². The third kappa shape index (κ3) is 4.12. The highest BCUT2D eigenvalue weighted by Gasteiger charge is 2.15. The van der Waals surface area contributed by atoms with Crippen LogP contribution in [-0.4, -0.2) is 25.2 Å². The number of carbonyl (C=O) groups is 1. The highest BCUT2D eigenvalue weighted by Crippen LogP contribution is 2.38. The molecule has 0 atom stereocenters. The van der Waals surface area contributed by atoms with Crippen LogP contribution in [0.2, 0.25) is 0 Å². The van der Waals surface area contributed by atoms with E-state index in [1.165, 1.54) is 23.7 Å². The summed E-state index contributed by atoms with van der Waals surface area (Å²) in [6.07, 6.45) is 4.40. The van der Waals surface area contributed by atoms with Gasteiger partial charge in [0.05, 0.1) is 31.7 Å². The number of nitrogens with zero attached hydrogens (tertiary/aromatic N) is 1. The molecule has 0 aliphatic heterocycles. The van der Waals surface area contributed by atoms with Crippen LogP contribution in [0.15, 0.2) is 52.5 Å². The van der Waals surface area contributed by atoms with Gasteiger partial charge in [0.25, 0.3) is 0 Å². The summed E-state index contributed by atoms with van der Waals surface area (Å²) in [5, 5.41) is 2.61. The molecule has 3 rings (SSSR count). The standard InChI is InChI=1S/C19H17NO5S/c1-22-16-7-3-6-15(18(16)23-2)19-20-13(12-26-19)11-25-17(21)9-8-14-5-4-10-24-14/h3-10,12H,11H2,1-2H3/b9-8+. The van der Waals surface area contributed by atoms with Crippen LogP contribution in [0.25, 0.3) is 16.6 Å². The van der Waals surface area contributed by atoms with Crippen molar-refractivity contribution < 1.29 is 23.4 Å². The highest BCUT2D eigenvalue weighted by molar-refractivity contribution is 7.13. The number of benzene rings is 1. The van der Waals surface area contributed by atoms with Crippen molar-refractivity contribution in [2.24, 2.45) is 0 Å². The Labute approximate surface area is 154 Å². The number of furan rings is 1. The van der Waals surface area contributed by atoms with Crippen molar-refractivity contribution in [2.45, 2.75) is 6.61 Å². The highest BCUT2D eigenvalue weighted by atomic mass is 32.1. The molecule has 3 aromatic rings. The van der Waals surface area contributed by atoms with Crippen molar-refractivity contribution in [3.63, 3.8) is 0 Å². The zero-order chi connectivity index (χ0) is 18.4. The molecule has 2 heterocycles. The smallest absolute Gasteiger partial charge is 0.331 e. The zero-order valence-corrected chi connectivity index (χ0v) is 15.1. The minimum atomic E-state index is -0.463. The molecular formula is C19H17NO5S. The van der Waals surface area contributed by atoms with Gasteiger partial charge in [-0.2, -0.15) is 0 Å². The van der Waals surface area contributed by atoms with Crippen molar-refractivity contribution in [2.75, 3.05) is 14.2 Å². The van der Waals surface area contributed by atoms with Crippen LogP contribution in [0, 0.1) is 0 Å². The molecule has 0 saturated carbocycles. The Kier molecular flexibility index (Phi) is 5.70. The topological polar surface area (TPSA) is 70.8 Å². The zero-order valence-electron chi connectivity index (χ0n) is 14.3. The number of carbonyl (C=O) groups excluding carboxylic acids is 1. The third-order valence-electron chi connectivity index (χ3n) is 3.47. The molecule has 6 nitrogen and oxygen atoms in total. The van der Waals surface area contributed by atoms with Crippen LogP contribution in [0.5, 0.6) is 11.5 Å². The predicted molar refractivity (Wildman–Crippen MR) is 98.2 cm³/mol. The molecule has 134 valence electrons. The van der Waals surface area contributed by atoms with E-state index in [-0.39, 0.29) is 6.61 Å². The van der Waals surface area contributed by atoms with E-state index < -0.39 is 5.97 Å². The summed E-state index contributed by atoms with van der Waals surface area (Å²) in [7, 11) is 3.17. The second-order valence-electron chi connectivity index (χ2n) is 5.14. The molecule has 0 spiro atoms. The maximum Gasteiger partial charge on any atom is 0.331 e. The first-order valence-corrected chi connectivity index (χ1v) is 8.63. The molecular weight excluding hydrogens is 354 g/mol. The first-order chi connectivity index (χ1) is 12.7. The van der Waals surface area contributed by atoms with Crippen LogP contribution in [0.4, 0.5) is 0 Å². The number of esters is 1. The molecule has 1 aromatic carbocycles. The molecule has 0 N–H and O–H groups in total. The van der Waals surface area contributed by atoms with Gasteiger partial charge in [0.15, 0.2) is 11.5 Å². The average molecular weight is 371 g/mol. The maximum atomic E-state index is 11.8. The quantitative estimate of drug-likeness (QED) is 0.458. The van der Waals surface area contributed by atoms with Crippen molar-refractivity contribution in [1.29, 1.82) is 0 Å². The Balaban J connectivity index is 1.66. The number of aromatic nitrogens is 1. The minimum Gasteiger partial charge on any atom is -0.493 e. The number of para-hydroxylation sites is 1. The Morgan fingerprint density at radius 3 is 2.85 bits per heavy atom. The number of methoxy groups -OCH3 is 2. The van der Waals surface area contributed by atoms with Gasteiger partial charge in [0.2, 0.25) is 0 Å². The fraction of sp³-hybridized carbons (Fsp3) is 0.158. The summed E-state index contributed by atoms with van der Waals surface area (Å²) >= 11 is 1.44. The Morgan fingerprint density at radius 2 is 2.12 bits per heavy atom. The maximum absolute atomic E-state index is 11.8. The predicted octanol–water partition coefficient (Wildman–Crippen LogP) is 4.18. The molecule has 0 saturated heterocycles. The van der Waals surface area contributed by atoms with E-state index in [0.29, 0.717) is 23.0 Å². The number of ether oxygens (including phenoxy) is 3. The van der Waals surface area contributed by atoms with Crippen LogP contribution in [0.3, 0.4) is 0 Å². The molecule has 0 aliphatic rings. The summed E-state index contributed by atoms with van der Waals surface area (Å²) in [5.74, 6) is 1.38. The van der Waals surface area contributed by atoms with Gasteiger partial charge < -0.3 is 18.6 Å². The average Bonchev–Trinajstić information content (AvgIpc) is 3.35. The Morgan fingerprint density at radius 1 is 1.23 bits per heavy atom. The van der Waals surface area contributed by atoms with Gasteiger partial charge in [0, 0.05) is 11.5 Å². The van der Waals surface area contributed by atoms with E-state index >= 15 is 0 Å². The summed E-state index contributed by atoms with van der Waals surface area (Å²) in [6, 6.07) is 9.09. The lowest BCUT2D eigenvalue weighted by Crippen LogP contribution is -2.01. The van der Waals surface area contributed by atoms with Gasteiger partial charge in [-0.25, -0.2) is 9.78 Å². The fourth-order valence-electron chi connectivity index (χ4n) is 2.28. The fourth-order valence-corrected chi connectivity index (χ4v) is 3.11. The van der Waals surface area contributed by atoms with Crippen LogP contribution < -0.4 is 9.47 Å².